The van der Waals surface area contributed by atoms with Crippen molar-refractivity contribution < 1.29 is 65.0 Å². The summed E-state index contributed by atoms with van der Waals surface area (Å²) in [6, 6.07) is -0.708. The molecular weight excluding hydrogens is 704 g/mol. The number of hydrogen-bond acceptors (Lipinski definition) is 13. The van der Waals surface area contributed by atoms with E-state index < -0.39 is 89.8 Å². The van der Waals surface area contributed by atoms with Gasteiger partial charge in [0.25, 0.3) is 0 Å². The largest absolute Gasteiger partial charge is 0.412 e. The fourth-order valence-corrected chi connectivity index (χ4v) is 9.17. The van der Waals surface area contributed by atoms with Crippen LogP contribution in [0.15, 0.2) is 0 Å². The molecule has 0 radical (unpaired) electrons. The van der Waals surface area contributed by atoms with Gasteiger partial charge in [-0.2, -0.15) is 0 Å². The molecule has 3 saturated heterocycles. The molecule has 8 unspecified atom stereocenters. The van der Waals surface area contributed by atoms with Crippen LogP contribution in [-0.4, -0.2) is 171 Å². The maximum Gasteiger partial charge on any atom is 0.185 e. The van der Waals surface area contributed by atoms with E-state index in [4.69, 9.17) is 23.7 Å². The molecule has 0 amide bonds. The molecule has 0 aliphatic carbocycles. The highest BCUT2D eigenvalue weighted by Gasteiger charge is 2.52. The predicted molar refractivity (Wildman–Crippen MR) is 205 cm³/mol. The molecular formula is C39H78N2O13. The molecule has 15 heteroatoms. The van der Waals surface area contributed by atoms with Crippen molar-refractivity contribution in [2.75, 3.05) is 34.8 Å². The first-order valence-corrected chi connectivity index (χ1v) is 19.5. The summed E-state index contributed by atoms with van der Waals surface area (Å²) in [4.78, 5) is 18.3. The van der Waals surface area contributed by atoms with Crippen LogP contribution in [-0.2, 0) is 28.5 Å². The van der Waals surface area contributed by atoms with E-state index in [0.29, 0.717) is 19.4 Å². The minimum absolute atomic E-state index is 0. The lowest BCUT2D eigenvalue weighted by Gasteiger charge is -2.49. The third kappa shape index (κ3) is 11.4. The average Bonchev–Trinajstić information content (AvgIpc) is 3.05. The van der Waals surface area contributed by atoms with Crippen molar-refractivity contribution in [3.8, 4) is 0 Å². The van der Waals surface area contributed by atoms with Gasteiger partial charge < -0.3 is 70.0 Å². The smallest absolute Gasteiger partial charge is 0.185 e. The van der Waals surface area contributed by atoms with Gasteiger partial charge in [0.2, 0.25) is 0 Å². The molecule has 18 atom stereocenters. The first-order chi connectivity index (χ1) is 23.9. The molecule has 3 rings (SSSR count). The number of methoxy groups -OCH3 is 1. The SMILES string of the molecule is CC[C@H]1CC(=O)[C@H](C)[C@@H](OC2CC(C)(OC)C(O)C(C)O2)[C@H](C)[C@@H](OC2OC(C)CC(N(C)C)C2O)[C@](C)(O)C[C@@H](C)CN(C)[C@H](C)[C@@H](O)[C@]1(C)O.O.O. The van der Waals surface area contributed by atoms with Crippen LogP contribution in [0.5, 0.6) is 0 Å². The quantitative estimate of drug-likeness (QED) is 0.242. The highest BCUT2D eigenvalue weighted by atomic mass is 16.7. The molecule has 15 nitrogen and oxygen atoms in total. The molecule has 0 aromatic rings. The minimum Gasteiger partial charge on any atom is -0.412 e. The van der Waals surface area contributed by atoms with E-state index in [1.165, 1.54) is 7.11 Å². The monoisotopic (exact) mass is 783 g/mol. The van der Waals surface area contributed by atoms with Crippen LogP contribution in [0.3, 0.4) is 0 Å². The number of carbonyl (C=O) groups is 1. The van der Waals surface area contributed by atoms with Crippen molar-refractivity contribution in [2.24, 2.45) is 23.7 Å². The Morgan fingerprint density at radius 1 is 0.926 bits per heavy atom. The number of likely N-dealkylation sites (N-methyl/N-ethyl adjacent to an activating group) is 2. The minimum atomic E-state index is -1.58. The standard InChI is InChI=1S/C39H74N2O11.2H2O/c1-15-27-17-29(42)23(4)32(51-30-19-38(9,48-14)34(45)26(7)50-30)24(5)35(52-36-31(43)28(40(11)12)16-22(3)49-36)37(8,46)18-21(2)20-41(13)25(6)33(44)39(27,10)47;;/h21-28,30-36,43-47H,15-20H2,1-14H3;2*1H2/t21-,22?,23+,24+,25-,26?,27+,28?,30?,31?,32-,33-,34?,35-,36?,37-,38?,39-;;/m1../s1. The molecule has 3 aliphatic rings. The van der Waals surface area contributed by atoms with Gasteiger partial charge in [-0.3, -0.25) is 4.79 Å². The molecule has 9 N–H and O–H groups in total. The van der Waals surface area contributed by atoms with Gasteiger partial charge in [-0.15, -0.1) is 0 Å². The predicted octanol–water partition coefficient (Wildman–Crippen LogP) is 0.915. The molecule has 3 heterocycles. The fourth-order valence-electron chi connectivity index (χ4n) is 9.17. The summed E-state index contributed by atoms with van der Waals surface area (Å²) in [7, 11) is 7.21. The molecule has 0 spiro atoms. The second-order valence-electron chi connectivity index (χ2n) is 17.6. The summed E-state index contributed by atoms with van der Waals surface area (Å²) < 4.78 is 31.7. The van der Waals surface area contributed by atoms with Crippen LogP contribution in [0.2, 0.25) is 0 Å². The lowest BCUT2D eigenvalue weighted by atomic mass is 9.74. The number of ketones is 1. The van der Waals surface area contributed by atoms with Crippen molar-refractivity contribution in [3.05, 3.63) is 0 Å². The van der Waals surface area contributed by atoms with E-state index in [2.05, 4.69) is 0 Å². The summed E-state index contributed by atoms with van der Waals surface area (Å²) >= 11 is 0. The molecule has 0 bridgehead atoms. The van der Waals surface area contributed by atoms with Gasteiger partial charge in [0.1, 0.15) is 18.0 Å². The molecule has 54 heavy (non-hydrogen) atoms. The Morgan fingerprint density at radius 3 is 2.06 bits per heavy atom. The Labute approximate surface area is 324 Å². The van der Waals surface area contributed by atoms with Crippen LogP contribution in [0.1, 0.15) is 101 Å². The number of aliphatic hydroxyl groups excluding tert-OH is 3. The highest BCUT2D eigenvalue weighted by molar-refractivity contribution is 5.81. The van der Waals surface area contributed by atoms with Gasteiger partial charge in [-0.05, 0) is 87.4 Å². The van der Waals surface area contributed by atoms with Crippen molar-refractivity contribution >= 4 is 5.78 Å². The number of hydrogen-bond donors (Lipinski definition) is 5. The third-order valence-corrected chi connectivity index (χ3v) is 12.8. The Balaban J connectivity index is 0.00000729. The molecule has 3 aliphatic heterocycles. The van der Waals surface area contributed by atoms with Gasteiger partial charge in [0, 0.05) is 50.4 Å². The first-order valence-electron chi connectivity index (χ1n) is 19.5. The number of Topliss-reactive ketones (excluding diaryl/α,β-unsaturated/α-hetero) is 1. The van der Waals surface area contributed by atoms with Gasteiger partial charge in [0.15, 0.2) is 12.6 Å². The number of nitrogens with zero attached hydrogens (tertiary/aromatic N) is 2. The van der Waals surface area contributed by atoms with E-state index in [-0.39, 0.29) is 54.1 Å². The highest BCUT2D eigenvalue weighted by Crippen LogP contribution is 2.41. The van der Waals surface area contributed by atoms with Crippen molar-refractivity contribution in [1.29, 1.82) is 0 Å². The van der Waals surface area contributed by atoms with Crippen LogP contribution in [0.4, 0.5) is 0 Å². The van der Waals surface area contributed by atoms with Crippen LogP contribution >= 0.6 is 0 Å². The Hall–Kier alpha value is -0.890. The van der Waals surface area contributed by atoms with Crippen LogP contribution in [0.25, 0.3) is 0 Å². The number of rotatable bonds is 7. The summed E-state index contributed by atoms with van der Waals surface area (Å²) in [6.45, 7) is 18.7. The second-order valence-corrected chi connectivity index (χ2v) is 17.6. The lowest BCUT2D eigenvalue weighted by molar-refractivity contribution is -0.317. The zero-order chi connectivity index (χ0) is 39.7. The maximum absolute atomic E-state index is 14.4. The van der Waals surface area contributed by atoms with Crippen LogP contribution in [0, 0.1) is 23.7 Å². The number of ether oxygens (including phenoxy) is 5. The van der Waals surface area contributed by atoms with Crippen molar-refractivity contribution in [2.45, 2.75) is 186 Å². The van der Waals surface area contributed by atoms with Crippen LogP contribution < -0.4 is 0 Å². The summed E-state index contributed by atoms with van der Waals surface area (Å²) in [5, 5.41) is 58.4. The molecule has 322 valence electrons. The number of aliphatic hydroxyl groups is 5. The summed E-state index contributed by atoms with van der Waals surface area (Å²) in [5.74, 6) is -2.31. The van der Waals surface area contributed by atoms with Crippen molar-refractivity contribution in [1.82, 2.24) is 9.80 Å². The zero-order valence-corrected chi connectivity index (χ0v) is 35.5. The molecule has 0 aromatic heterocycles. The van der Waals surface area contributed by atoms with Gasteiger partial charge >= 0.3 is 0 Å². The normalized spacial score (nSPS) is 47.9. The van der Waals surface area contributed by atoms with E-state index in [9.17, 15) is 30.3 Å². The van der Waals surface area contributed by atoms with E-state index >= 15 is 0 Å². The molecule has 3 fully saturated rings. The summed E-state index contributed by atoms with van der Waals surface area (Å²) in [5.41, 5.74) is -4.08. The van der Waals surface area contributed by atoms with Gasteiger partial charge in [0.05, 0.1) is 47.3 Å². The summed E-state index contributed by atoms with van der Waals surface area (Å²) in [6.07, 6.45) is -6.35. The van der Waals surface area contributed by atoms with Crippen molar-refractivity contribution in [3.63, 3.8) is 0 Å². The fraction of sp³-hybridized carbons (Fsp3) is 0.974. The molecule has 0 saturated carbocycles. The van der Waals surface area contributed by atoms with Gasteiger partial charge in [-0.1, -0.05) is 34.1 Å². The average molecular weight is 783 g/mol. The van der Waals surface area contributed by atoms with Gasteiger partial charge in [-0.25, -0.2) is 0 Å². The first kappa shape index (κ1) is 51.1. The Kier molecular flexibility index (Phi) is 19.1. The third-order valence-electron chi connectivity index (χ3n) is 12.8. The topological polar surface area (TPSA) is 234 Å². The zero-order valence-electron chi connectivity index (χ0n) is 35.5. The van der Waals surface area contributed by atoms with E-state index in [1.807, 2.05) is 65.6 Å². The Morgan fingerprint density at radius 2 is 1.52 bits per heavy atom. The lowest BCUT2D eigenvalue weighted by Crippen LogP contribution is -2.60. The number of carbonyl (C=O) groups excluding carboxylic acids is 1. The Bertz CT molecular complexity index is 1150. The van der Waals surface area contributed by atoms with E-state index in [0.717, 1.165) is 0 Å². The van der Waals surface area contributed by atoms with E-state index in [1.54, 1.807) is 34.6 Å². The maximum atomic E-state index is 14.4. The molecule has 0 aromatic carbocycles. The second kappa shape index (κ2) is 20.2.